The summed E-state index contributed by atoms with van der Waals surface area (Å²) < 4.78 is 13.3. The number of thioether (sulfide) groups is 1. The second-order valence-corrected chi connectivity index (χ2v) is 12.6. The average Bonchev–Trinajstić information content (AvgIpc) is 3.22. The van der Waals surface area contributed by atoms with Gasteiger partial charge in [-0.05, 0) is 112 Å². The smallest absolute Gasteiger partial charge is 0.266 e. The maximum Gasteiger partial charge on any atom is 0.266 e. The molecule has 1 aliphatic heterocycles. The summed E-state index contributed by atoms with van der Waals surface area (Å²) in [6, 6.07) is 25.8. The van der Waals surface area contributed by atoms with Gasteiger partial charge in [0.05, 0.1) is 20.8 Å². The van der Waals surface area contributed by atoms with E-state index in [0.717, 1.165) is 20.4 Å². The number of hydrogen-bond acceptors (Lipinski definition) is 5. The highest BCUT2D eigenvalue weighted by Crippen LogP contribution is 2.39. The zero-order valence-corrected chi connectivity index (χ0v) is 26.8. The molecule has 1 saturated heterocycles. The van der Waals surface area contributed by atoms with E-state index in [1.54, 1.807) is 17.0 Å². The Kier molecular flexibility index (Phi) is 9.57. The van der Waals surface area contributed by atoms with Crippen LogP contribution in [0.3, 0.4) is 0 Å². The normalized spacial score (nSPS) is 15.5. The highest BCUT2D eigenvalue weighted by molar-refractivity contribution is 14.1. The summed E-state index contributed by atoms with van der Waals surface area (Å²) in [5, 5.41) is 3.66. The third-order valence-electron chi connectivity index (χ3n) is 6.37. The molecule has 0 spiro atoms. The zero-order valence-electron chi connectivity index (χ0n) is 23.1. The van der Waals surface area contributed by atoms with Gasteiger partial charge in [-0.1, -0.05) is 67.9 Å². The third kappa shape index (κ3) is 7.08. The lowest BCUT2D eigenvalue weighted by Gasteiger charge is -2.17. The SMILES string of the molecule is CCOc1cc(/C=C2\SC(=Nc3ccc(Cl)cc3)N(CC(C)C)C2=O)cc(I)c1OCc1cccc2ccccc12. The molecule has 8 heteroatoms. The number of amidine groups is 1. The lowest BCUT2D eigenvalue weighted by atomic mass is 10.1. The molecule has 4 aromatic carbocycles. The van der Waals surface area contributed by atoms with E-state index in [2.05, 4.69) is 60.7 Å². The summed E-state index contributed by atoms with van der Waals surface area (Å²) >= 11 is 9.70. The first-order chi connectivity index (χ1) is 19.8. The molecule has 5 rings (SSSR count). The number of amides is 1. The van der Waals surface area contributed by atoms with Gasteiger partial charge in [-0.15, -0.1) is 0 Å². The lowest BCUT2D eigenvalue weighted by Crippen LogP contribution is -2.32. The molecule has 0 N–H and O–H groups in total. The van der Waals surface area contributed by atoms with Gasteiger partial charge < -0.3 is 9.47 Å². The summed E-state index contributed by atoms with van der Waals surface area (Å²) in [4.78, 5) is 20.6. The van der Waals surface area contributed by atoms with Crippen LogP contribution in [0.1, 0.15) is 31.9 Å². The van der Waals surface area contributed by atoms with Gasteiger partial charge in [0, 0.05) is 11.6 Å². The number of nitrogens with zero attached hydrogens (tertiary/aromatic N) is 2. The van der Waals surface area contributed by atoms with E-state index >= 15 is 0 Å². The van der Waals surface area contributed by atoms with E-state index in [9.17, 15) is 4.79 Å². The van der Waals surface area contributed by atoms with E-state index in [1.165, 1.54) is 22.5 Å². The van der Waals surface area contributed by atoms with Crippen molar-refractivity contribution in [2.45, 2.75) is 27.4 Å². The van der Waals surface area contributed by atoms with Gasteiger partial charge in [-0.25, -0.2) is 4.99 Å². The molecule has 4 aromatic rings. The van der Waals surface area contributed by atoms with Gasteiger partial charge >= 0.3 is 0 Å². The molecule has 0 radical (unpaired) electrons. The first-order valence-electron chi connectivity index (χ1n) is 13.4. The fraction of sp³-hybridized carbons (Fsp3) is 0.212. The Morgan fingerprint density at radius 2 is 1.78 bits per heavy atom. The van der Waals surface area contributed by atoms with Crippen LogP contribution < -0.4 is 9.47 Å². The van der Waals surface area contributed by atoms with Gasteiger partial charge in [-0.3, -0.25) is 9.69 Å². The van der Waals surface area contributed by atoms with Crippen molar-refractivity contribution in [2.24, 2.45) is 10.9 Å². The molecule has 1 fully saturated rings. The number of rotatable bonds is 9. The molecule has 0 aliphatic carbocycles. The van der Waals surface area contributed by atoms with Crippen molar-refractivity contribution in [1.82, 2.24) is 4.90 Å². The van der Waals surface area contributed by atoms with Crippen molar-refractivity contribution >= 4 is 79.6 Å². The largest absolute Gasteiger partial charge is 0.490 e. The quantitative estimate of drug-likeness (QED) is 0.129. The monoisotopic (exact) mass is 696 g/mol. The number of hydrogen-bond donors (Lipinski definition) is 0. The Balaban J connectivity index is 1.44. The number of benzene rings is 4. The summed E-state index contributed by atoms with van der Waals surface area (Å²) in [6.07, 6.45) is 1.91. The molecule has 0 bridgehead atoms. The Hall–Kier alpha value is -3.01. The second-order valence-electron chi connectivity index (χ2n) is 9.98. The Morgan fingerprint density at radius 1 is 1.02 bits per heavy atom. The predicted molar refractivity (Wildman–Crippen MR) is 179 cm³/mol. The van der Waals surface area contributed by atoms with E-state index < -0.39 is 0 Å². The van der Waals surface area contributed by atoms with Crippen molar-refractivity contribution in [3.63, 3.8) is 0 Å². The molecular weight excluding hydrogens is 667 g/mol. The summed E-state index contributed by atoms with van der Waals surface area (Å²) in [5.74, 6) is 1.58. The maximum atomic E-state index is 13.5. The van der Waals surface area contributed by atoms with Crippen LogP contribution in [0, 0.1) is 9.49 Å². The van der Waals surface area contributed by atoms with Crippen LogP contribution in [-0.2, 0) is 11.4 Å². The van der Waals surface area contributed by atoms with E-state index in [1.807, 2.05) is 55.5 Å². The molecule has 5 nitrogen and oxygen atoms in total. The fourth-order valence-electron chi connectivity index (χ4n) is 4.54. The Morgan fingerprint density at radius 3 is 2.54 bits per heavy atom. The molecule has 0 aromatic heterocycles. The minimum absolute atomic E-state index is 0.0549. The highest BCUT2D eigenvalue weighted by atomic mass is 127. The van der Waals surface area contributed by atoms with Gasteiger partial charge in [-0.2, -0.15) is 0 Å². The van der Waals surface area contributed by atoms with Crippen molar-refractivity contribution in [2.75, 3.05) is 13.2 Å². The highest BCUT2D eigenvalue weighted by Gasteiger charge is 2.34. The molecule has 0 atom stereocenters. The molecule has 1 aliphatic rings. The number of carbonyl (C=O) groups excluding carboxylic acids is 1. The van der Waals surface area contributed by atoms with Crippen LogP contribution in [0.2, 0.25) is 5.02 Å². The van der Waals surface area contributed by atoms with Crippen molar-refractivity contribution < 1.29 is 14.3 Å². The summed E-state index contributed by atoms with van der Waals surface area (Å²) in [5.41, 5.74) is 2.72. The van der Waals surface area contributed by atoms with Crippen molar-refractivity contribution in [3.8, 4) is 11.5 Å². The van der Waals surface area contributed by atoms with Crippen LogP contribution in [-0.4, -0.2) is 29.1 Å². The number of halogens is 2. The van der Waals surface area contributed by atoms with Crippen LogP contribution in [0.5, 0.6) is 11.5 Å². The van der Waals surface area contributed by atoms with Crippen LogP contribution in [0.15, 0.2) is 88.8 Å². The van der Waals surface area contributed by atoms with Crippen LogP contribution in [0.4, 0.5) is 5.69 Å². The molecule has 41 heavy (non-hydrogen) atoms. The lowest BCUT2D eigenvalue weighted by molar-refractivity contribution is -0.122. The topological polar surface area (TPSA) is 51.1 Å². The predicted octanol–water partition coefficient (Wildman–Crippen LogP) is 9.34. The van der Waals surface area contributed by atoms with Gasteiger partial charge in [0.2, 0.25) is 0 Å². The minimum Gasteiger partial charge on any atom is -0.490 e. The maximum absolute atomic E-state index is 13.5. The van der Waals surface area contributed by atoms with E-state index in [4.69, 9.17) is 26.1 Å². The second kappa shape index (κ2) is 13.3. The minimum atomic E-state index is -0.0549. The molecule has 210 valence electrons. The average molecular weight is 697 g/mol. The Labute approximate surface area is 263 Å². The summed E-state index contributed by atoms with van der Waals surface area (Å²) in [7, 11) is 0. The molecule has 1 heterocycles. The van der Waals surface area contributed by atoms with Crippen molar-refractivity contribution in [1.29, 1.82) is 0 Å². The fourth-order valence-corrected chi connectivity index (χ4v) is 6.45. The van der Waals surface area contributed by atoms with Gasteiger partial charge in [0.1, 0.15) is 6.61 Å². The number of fused-ring (bicyclic) bond motifs is 1. The number of carbonyl (C=O) groups is 1. The molecule has 1 amide bonds. The zero-order chi connectivity index (χ0) is 28.9. The van der Waals surface area contributed by atoms with Gasteiger partial charge in [0.25, 0.3) is 5.91 Å². The Bertz CT molecular complexity index is 1630. The van der Waals surface area contributed by atoms with E-state index in [0.29, 0.717) is 46.4 Å². The standard InChI is InChI=1S/C33H30ClIN2O3S/c1-4-39-29-17-22(16-28(35)31(29)40-20-24-10-7-9-23-8-5-6-11-27(23)24)18-30-32(38)37(19-21(2)3)33(41-30)36-26-14-12-25(34)13-15-26/h5-18,21H,4,19-20H2,1-3H3/b30-18-,36-33?. The molecule has 0 saturated carbocycles. The van der Waals surface area contributed by atoms with E-state index in [-0.39, 0.29) is 11.8 Å². The number of aliphatic imine (C=N–C) groups is 1. The number of ether oxygens (including phenoxy) is 2. The first kappa shape index (κ1) is 29.5. The molecule has 0 unspecified atom stereocenters. The first-order valence-corrected chi connectivity index (χ1v) is 15.7. The van der Waals surface area contributed by atoms with Crippen LogP contribution >= 0.6 is 46.0 Å². The van der Waals surface area contributed by atoms with Crippen molar-refractivity contribution in [3.05, 3.63) is 103 Å². The van der Waals surface area contributed by atoms with Crippen LogP contribution in [0.25, 0.3) is 16.8 Å². The molecular formula is C33H30ClIN2O3S. The third-order valence-corrected chi connectivity index (χ3v) is 8.43. The van der Waals surface area contributed by atoms with Gasteiger partial charge in [0.15, 0.2) is 16.7 Å². The summed E-state index contributed by atoms with van der Waals surface area (Å²) in [6.45, 7) is 7.63.